The molecule has 1 aromatic heterocycles. The summed E-state index contributed by atoms with van der Waals surface area (Å²) in [6.45, 7) is 3.30. The molecule has 1 fully saturated rings. The molecule has 2 heterocycles. The lowest BCUT2D eigenvalue weighted by atomic mass is 9.94. The summed E-state index contributed by atoms with van der Waals surface area (Å²) >= 11 is 0. The molecule has 0 unspecified atom stereocenters. The van der Waals surface area contributed by atoms with E-state index in [1.54, 1.807) is 0 Å². The Morgan fingerprint density at radius 3 is 3.12 bits per heavy atom. The van der Waals surface area contributed by atoms with Crippen molar-refractivity contribution in [2.45, 2.75) is 32.2 Å². The van der Waals surface area contributed by atoms with Gasteiger partial charge in [0.2, 0.25) is 0 Å². The van der Waals surface area contributed by atoms with Crippen LogP contribution in [0.2, 0.25) is 0 Å². The highest BCUT2D eigenvalue weighted by Crippen LogP contribution is 2.35. The number of pyridine rings is 1. The van der Waals surface area contributed by atoms with Crippen LogP contribution in [0.3, 0.4) is 0 Å². The normalized spacial score (nSPS) is 28.7. The smallest absolute Gasteiger partial charge is 0.0343 e. The lowest BCUT2D eigenvalue weighted by molar-refractivity contribution is 0.348. The van der Waals surface area contributed by atoms with Gasteiger partial charge in [0.15, 0.2) is 0 Å². The van der Waals surface area contributed by atoms with Crippen LogP contribution in [0.4, 0.5) is 0 Å². The predicted molar refractivity (Wildman–Crippen MR) is 66.1 cm³/mol. The van der Waals surface area contributed by atoms with Crippen LogP contribution in [0, 0.1) is 12.8 Å². The van der Waals surface area contributed by atoms with Crippen molar-refractivity contribution < 1.29 is 0 Å². The lowest BCUT2D eigenvalue weighted by Crippen LogP contribution is -2.37. The molecule has 0 bridgehead atoms. The molecule has 16 heavy (non-hydrogen) atoms. The zero-order chi connectivity index (χ0) is 11.0. The van der Waals surface area contributed by atoms with Crippen molar-refractivity contribution in [2.24, 2.45) is 5.92 Å². The van der Waals surface area contributed by atoms with Crippen LogP contribution < -0.4 is 5.32 Å². The van der Waals surface area contributed by atoms with Gasteiger partial charge in [0, 0.05) is 18.4 Å². The summed E-state index contributed by atoms with van der Waals surface area (Å²) in [6, 6.07) is 2.93. The average Bonchev–Trinajstić information content (AvgIpc) is 2.72. The first-order valence-corrected chi connectivity index (χ1v) is 6.19. The number of aromatic nitrogens is 1. The van der Waals surface area contributed by atoms with Gasteiger partial charge in [-0.2, -0.15) is 0 Å². The number of hydrogen-bond donors (Lipinski definition) is 1. The number of nitrogens with zero attached hydrogens (tertiary/aromatic N) is 1. The highest BCUT2D eigenvalue weighted by Gasteiger charge is 2.29. The van der Waals surface area contributed by atoms with E-state index >= 15 is 0 Å². The third kappa shape index (κ3) is 1.78. The third-order valence-corrected chi connectivity index (χ3v) is 3.74. The monoisotopic (exact) mass is 214 g/mol. The molecule has 2 nitrogen and oxygen atoms in total. The van der Waals surface area contributed by atoms with Gasteiger partial charge >= 0.3 is 0 Å². The molecule has 1 aliphatic heterocycles. The Bertz CT molecular complexity index is 422. The van der Waals surface area contributed by atoms with Crippen LogP contribution in [0.15, 0.2) is 24.5 Å². The van der Waals surface area contributed by atoms with Gasteiger partial charge in [-0.05, 0) is 61.4 Å². The fourth-order valence-electron chi connectivity index (χ4n) is 2.91. The van der Waals surface area contributed by atoms with Crippen molar-refractivity contribution in [1.82, 2.24) is 10.3 Å². The number of hydrogen-bond acceptors (Lipinski definition) is 2. The molecule has 1 saturated heterocycles. The van der Waals surface area contributed by atoms with Crippen molar-refractivity contribution in [3.63, 3.8) is 0 Å². The van der Waals surface area contributed by atoms with E-state index in [2.05, 4.69) is 29.4 Å². The van der Waals surface area contributed by atoms with Crippen LogP contribution in [-0.2, 0) is 0 Å². The summed E-state index contributed by atoms with van der Waals surface area (Å²) in [6.07, 6.45) is 10.2. The molecule has 0 spiro atoms. The lowest BCUT2D eigenvalue weighted by Gasteiger charge is -2.25. The Morgan fingerprint density at radius 2 is 2.31 bits per heavy atom. The largest absolute Gasteiger partial charge is 0.313 e. The van der Waals surface area contributed by atoms with E-state index in [0.29, 0.717) is 6.04 Å². The van der Waals surface area contributed by atoms with Gasteiger partial charge in [-0.3, -0.25) is 4.98 Å². The van der Waals surface area contributed by atoms with Crippen LogP contribution >= 0.6 is 0 Å². The highest BCUT2D eigenvalue weighted by atomic mass is 14.9. The van der Waals surface area contributed by atoms with E-state index in [0.717, 1.165) is 5.92 Å². The molecule has 2 aliphatic rings. The molecule has 1 N–H and O–H groups in total. The summed E-state index contributed by atoms with van der Waals surface area (Å²) < 4.78 is 0. The second kappa shape index (κ2) is 4.02. The molecule has 1 aliphatic carbocycles. The van der Waals surface area contributed by atoms with Crippen molar-refractivity contribution in [2.75, 3.05) is 6.54 Å². The van der Waals surface area contributed by atoms with E-state index in [9.17, 15) is 0 Å². The third-order valence-electron chi connectivity index (χ3n) is 3.74. The topological polar surface area (TPSA) is 24.9 Å². The number of aryl methyl sites for hydroxylation is 1. The second-order valence-corrected chi connectivity index (χ2v) is 5.01. The minimum Gasteiger partial charge on any atom is -0.313 e. The van der Waals surface area contributed by atoms with Crippen LogP contribution in [0.25, 0.3) is 5.57 Å². The van der Waals surface area contributed by atoms with E-state index < -0.39 is 0 Å². The number of rotatable bonds is 1. The second-order valence-electron chi connectivity index (χ2n) is 5.01. The Hall–Kier alpha value is -1.15. The molecule has 0 amide bonds. The van der Waals surface area contributed by atoms with Crippen LogP contribution in [0.5, 0.6) is 0 Å². The standard InChI is InChI=1S/C14H18N2/c1-10-5-13(9-15-8-10)12-6-11-3-2-4-16-14(11)7-12/h5-6,8-9,11,14,16H,2-4,7H2,1H3/t11-,14+/m1/s1. The zero-order valence-corrected chi connectivity index (χ0v) is 9.74. The Kier molecular flexibility index (Phi) is 2.52. The van der Waals surface area contributed by atoms with Gasteiger partial charge < -0.3 is 5.32 Å². The molecule has 84 valence electrons. The van der Waals surface area contributed by atoms with E-state index in [1.165, 1.54) is 42.5 Å². The maximum Gasteiger partial charge on any atom is 0.0343 e. The van der Waals surface area contributed by atoms with Crippen LogP contribution in [-0.4, -0.2) is 17.6 Å². The molecule has 3 rings (SSSR count). The van der Waals surface area contributed by atoms with Gasteiger partial charge in [0.25, 0.3) is 0 Å². The molecule has 2 heteroatoms. The van der Waals surface area contributed by atoms with Gasteiger partial charge in [-0.15, -0.1) is 0 Å². The quantitative estimate of drug-likeness (QED) is 0.777. The zero-order valence-electron chi connectivity index (χ0n) is 9.74. The SMILES string of the molecule is Cc1cncc(C2=C[C@H]3CCCN[C@H]3C2)c1. The fraction of sp³-hybridized carbons (Fsp3) is 0.500. The molecular weight excluding hydrogens is 196 g/mol. The molecule has 0 aromatic carbocycles. The molecule has 0 radical (unpaired) electrons. The van der Waals surface area contributed by atoms with Crippen molar-refractivity contribution in [1.29, 1.82) is 0 Å². The fourth-order valence-corrected chi connectivity index (χ4v) is 2.91. The van der Waals surface area contributed by atoms with Gasteiger partial charge in [0.1, 0.15) is 0 Å². The van der Waals surface area contributed by atoms with Gasteiger partial charge in [0.05, 0.1) is 0 Å². The van der Waals surface area contributed by atoms with Crippen molar-refractivity contribution >= 4 is 5.57 Å². The minimum atomic E-state index is 0.685. The van der Waals surface area contributed by atoms with Crippen molar-refractivity contribution in [3.8, 4) is 0 Å². The Morgan fingerprint density at radius 1 is 1.38 bits per heavy atom. The van der Waals surface area contributed by atoms with Gasteiger partial charge in [-0.25, -0.2) is 0 Å². The summed E-state index contributed by atoms with van der Waals surface area (Å²) in [5.41, 5.74) is 4.05. The first-order valence-electron chi connectivity index (χ1n) is 6.19. The number of piperidine rings is 1. The van der Waals surface area contributed by atoms with Crippen LogP contribution in [0.1, 0.15) is 30.4 Å². The van der Waals surface area contributed by atoms with Crippen molar-refractivity contribution in [3.05, 3.63) is 35.7 Å². The Balaban J connectivity index is 1.86. The molecule has 0 saturated carbocycles. The predicted octanol–water partition coefficient (Wildman–Crippen LogP) is 2.55. The molecular formula is C14H18N2. The maximum atomic E-state index is 4.28. The summed E-state index contributed by atoms with van der Waals surface area (Å²) in [7, 11) is 0. The van der Waals surface area contributed by atoms with E-state index in [-0.39, 0.29) is 0 Å². The summed E-state index contributed by atoms with van der Waals surface area (Å²) in [5.74, 6) is 0.754. The first kappa shape index (κ1) is 10.0. The van der Waals surface area contributed by atoms with Gasteiger partial charge in [-0.1, -0.05) is 6.08 Å². The molecule has 2 atom stereocenters. The maximum absolute atomic E-state index is 4.28. The molecule has 1 aromatic rings. The van der Waals surface area contributed by atoms with E-state index in [1.807, 2.05) is 12.4 Å². The number of nitrogens with one attached hydrogen (secondary N) is 1. The minimum absolute atomic E-state index is 0.685. The highest BCUT2D eigenvalue weighted by molar-refractivity contribution is 5.68. The first-order chi connectivity index (χ1) is 7.83. The summed E-state index contributed by atoms with van der Waals surface area (Å²) in [4.78, 5) is 4.28. The summed E-state index contributed by atoms with van der Waals surface area (Å²) in [5, 5.41) is 3.62. The number of fused-ring (bicyclic) bond motifs is 1. The average molecular weight is 214 g/mol. The van der Waals surface area contributed by atoms with E-state index in [4.69, 9.17) is 0 Å². The Labute approximate surface area is 96.8 Å².